The monoisotopic (exact) mass is 257 g/mol. The van der Waals surface area contributed by atoms with Crippen molar-refractivity contribution < 1.29 is 4.74 Å². The van der Waals surface area contributed by atoms with Gasteiger partial charge in [-0.15, -0.1) is 0 Å². The summed E-state index contributed by atoms with van der Waals surface area (Å²) in [6.45, 7) is 1.44. The highest BCUT2D eigenvalue weighted by Crippen LogP contribution is 2.35. The number of hydrogen-bond acceptors (Lipinski definition) is 3. The normalized spacial score (nSPS) is 14.6. The predicted octanol–water partition coefficient (Wildman–Crippen LogP) is 2.52. The fraction of sp³-hybridized carbons (Fsp3) is 0.400. The maximum atomic E-state index is 5.87. The van der Waals surface area contributed by atoms with Crippen LogP contribution in [0.25, 0.3) is 0 Å². The van der Waals surface area contributed by atoms with Gasteiger partial charge in [0, 0.05) is 12.6 Å². The Balaban J connectivity index is 1.65. The molecule has 4 heteroatoms. The molecule has 2 aromatic rings. The van der Waals surface area contributed by atoms with Crippen molar-refractivity contribution in [2.45, 2.75) is 32.0 Å². The lowest BCUT2D eigenvalue weighted by Crippen LogP contribution is -2.06. The molecule has 0 bridgehead atoms. The number of imidazole rings is 1. The molecule has 19 heavy (non-hydrogen) atoms. The van der Waals surface area contributed by atoms with E-state index in [2.05, 4.69) is 27.0 Å². The molecular weight excluding hydrogens is 238 g/mol. The minimum atomic E-state index is 0.583. The largest absolute Gasteiger partial charge is 0.487 e. The van der Waals surface area contributed by atoms with E-state index in [1.54, 1.807) is 0 Å². The Labute approximate surface area is 113 Å². The molecule has 1 aromatic heterocycles. The molecule has 1 aliphatic rings. The second kappa shape index (κ2) is 5.45. The molecule has 0 aliphatic heterocycles. The first kappa shape index (κ1) is 12.2. The summed E-state index contributed by atoms with van der Waals surface area (Å²) in [5.41, 5.74) is 2.39. The molecule has 0 amide bonds. The summed E-state index contributed by atoms with van der Waals surface area (Å²) < 4.78 is 8.10. The van der Waals surface area contributed by atoms with E-state index in [-0.39, 0.29) is 0 Å². The molecule has 1 fully saturated rings. The zero-order valence-electron chi connectivity index (χ0n) is 11.2. The SMILES string of the molecule is CNCc1cccc(OCc2cncn2C2CC2)c1. The summed E-state index contributed by atoms with van der Waals surface area (Å²) in [5.74, 6) is 0.913. The lowest BCUT2D eigenvalue weighted by molar-refractivity contribution is 0.294. The summed E-state index contributed by atoms with van der Waals surface area (Å²) in [7, 11) is 1.95. The van der Waals surface area contributed by atoms with Crippen molar-refractivity contribution in [2.75, 3.05) is 7.05 Å². The van der Waals surface area contributed by atoms with Crippen LogP contribution in [0, 0.1) is 0 Å². The van der Waals surface area contributed by atoms with Gasteiger partial charge in [0.1, 0.15) is 12.4 Å². The molecule has 0 unspecified atom stereocenters. The van der Waals surface area contributed by atoms with Gasteiger partial charge in [0.05, 0.1) is 18.2 Å². The number of hydrogen-bond donors (Lipinski definition) is 1. The fourth-order valence-electron chi connectivity index (χ4n) is 2.23. The van der Waals surface area contributed by atoms with Gasteiger partial charge in [-0.2, -0.15) is 0 Å². The molecule has 3 rings (SSSR count). The second-order valence-electron chi connectivity index (χ2n) is 4.99. The molecule has 0 radical (unpaired) electrons. The van der Waals surface area contributed by atoms with Crippen LogP contribution in [-0.2, 0) is 13.2 Å². The number of nitrogens with zero attached hydrogens (tertiary/aromatic N) is 2. The maximum Gasteiger partial charge on any atom is 0.130 e. The number of benzene rings is 1. The minimum Gasteiger partial charge on any atom is -0.487 e. The van der Waals surface area contributed by atoms with Crippen molar-refractivity contribution in [2.24, 2.45) is 0 Å². The lowest BCUT2D eigenvalue weighted by Gasteiger charge is -2.10. The Morgan fingerprint density at radius 2 is 2.32 bits per heavy atom. The van der Waals surface area contributed by atoms with E-state index in [0.29, 0.717) is 12.6 Å². The van der Waals surface area contributed by atoms with Gasteiger partial charge in [0.15, 0.2) is 0 Å². The van der Waals surface area contributed by atoms with Gasteiger partial charge >= 0.3 is 0 Å². The van der Waals surface area contributed by atoms with Crippen molar-refractivity contribution >= 4 is 0 Å². The Morgan fingerprint density at radius 3 is 3.11 bits per heavy atom. The third kappa shape index (κ3) is 2.96. The quantitative estimate of drug-likeness (QED) is 0.864. The van der Waals surface area contributed by atoms with Gasteiger partial charge in [-0.3, -0.25) is 0 Å². The van der Waals surface area contributed by atoms with E-state index in [1.165, 1.54) is 18.4 Å². The van der Waals surface area contributed by atoms with Crippen LogP contribution in [0.1, 0.15) is 30.1 Å². The van der Waals surface area contributed by atoms with Gasteiger partial charge in [0.25, 0.3) is 0 Å². The van der Waals surface area contributed by atoms with Crippen molar-refractivity contribution in [3.8, 4) is 5.75 Å². The topological polar surface area (TPSA) is 39.1 Å². The number of aromatic nitrogens is 2. The smallest absolute Gasteiger partial charge is 0.130 e. The zero-order chi connectivity index (χ0) is 13.1. The molecule has 1 N–H and O–H groups in total. The molecule has 4 nitrogen and oxygen atoms in total. The summed E-state index contributed by atoms with van der Waals surface area (Å²) in [4.78, 5) is 4.22. The van der Waals surface area contributed by atoms with Crippen LogP contribution in [0.15, 0.2) is 36.8 Å². The highest BCUT2D eigenvalue weighted by Gasteiger charge is 2.25. The summed E-state index contributed by atoms with van der Waals surface area (Å²) in [6, 6.07) is 8.85. The highest BCUT2D eigenvalue weighted by atomic mass is 16.5. The van der Waals surface area contributed by atoms with Gasteiger partial charge in [-0.05, 0) is 37.6 Å². The van der Waals surface area contributed by atoms with Crippen LogP contribution in [0.4, 0.5) is 0 Å². The molecule has 1 saturated carbocycles. The van der Waals surface area contributed by atoms with E-state index in [0.717, 1.165) is 18.0 Å². The fourth-order valence-corrected chi connectivity index (χ4v) is 2.23. The number of ether oxygens (including phenoxy) is 1. The van der Waals surface area contributed by atoms with E-state index in [4.69, 9.17) is 4.74 Å². The van der Waals surface area contributed by atoms with Gasteiger partial charge in [0.2, 0.25) is 0 Å². The first-order chi connectivity index (χ1) is 9.36. The van der Waals surface area contributed by atoms with Gasteiger partial charge in [-0.25, -0.2) is 4.98 Å². The highest BCUT2D eigenvalue weighted by molar-refractivity contribution is 5.28. The molecule has 1 aromatic carbocycles. The van der Waals surface area contributed by atoms with Crippen molar-refractivity contribution in [1.82, 2.24) is 14.9 Å². The van der Waals surface area contributed by atoms with Crippen LogP contribution in [0.3, 0.4) is 0 Å². The zero-order valence-corrected chi connectivity index (χ0v) is 11.2. The van der Waals surface area contributed by atoms with Crippen LogP contribution in [-0.4, -0.2) is 16.6 Å². The average molecular weight is 257 g/mol. The van der Waals surface area contributed by atoms with Crippen LogP contribution in [0.2, 0.25) is 0 Å². The third-order valence-electron chi connectivity index (χ3n) is 3.35. The molecule has 1 aliphatic carbocycles. The predicted molar refractivity (Wildman–Crippen MR) is 74.0 cm³/mol. The minimum absolute atomic E-state index is 0.583. The van der Waals surface area contributed by atoms with Crippen LogP contribution < -0.4 is 10.1 Å². The molecule has 0 atom stereocenters. The van der Waals surface area contributed by atoms with E-state index >= 15 is 0 Å². The Morgan fingerprint density at radius 1 is 1.42 bits per heavy atom. The molecule has 0 saturated heterocycles. The first-order valence-electron chi connectivity index (χ1n) is 6.74. The Hall–Kier alpha value is -1.81. The number of nitrogens with one attached hydrogen (secondary N) is 1. The maximum absolute atomic E-state index is 5.87. The van der Waals surface area contributed by atoms with Crippen molar-refractivity contribution in [1.29, 1.82) is 0 Å². The first-order valence-corrected chi connectivity index (χ1v) is 6.74. The summed E-state index contributed by atoms with van der Waals surface area (Å²) >= 11 is 0. The van der Waals surface area contributed by atoms with Crippen molar-refractivity contribution in [3.05, 3.63) is 48.0 Å². The molecule has 100 valence electrons. The lowest BCUT2D eigenvalue weighted by atomic mass is 10.2. The molecule has 1 heterocycles. The summed E-state index contributed by atoms with van der Waals surface area (Å²) in [5, 5.41) is 3.14. The van der Waals surface area contributed by atoms with Gasteiger partial charge in [-0.1, -0.05) is 12.1 Å². The molecule has 0 spiro atoms. The Bertz CT molecular complexity index is 546. The van der Waals surface area contributed by atoms with Gasteiger partial charge < -0.3 is 14.6 Å². The van der Waals surface area contributed by atoms with E-state index < -0.39 is 0 Å². The molecular formula is C15H19N3O. The summed E-state index contributed by atoms with van der Waals surface area (Å²) in [6.07, 6.45) is 6.34. The van der Waals surface area contributed by atoms with Crippen LogP contribution >= 0.6 is 0 Å². The standard InChI is InChI=1S/C15H19N3O/c1-16-8-12-3-2-4-15(7-12)19-10-14-9-17-11-18(14)13-5-6-13/h2-4,7,9,11,13,16H,5-6,8,10H2,1H3. The second-order valence-corrected chi connectivity index (χ2v) is 4.99. The van der Waals surface area contributed by atoms with Crippen LogP contribution in [0.5, 0.6) is 5.75 Å². The van der Waals surface area contributed by atoms with E-state index in [1.807, 2.05) is 31.7 Å². The van der Waals surface area contributed by atoms with Crippen molar-refractivity contribution in [3.63, 3.8) is 0 Å². The third-order valence-corrected chi connectivity index (χ3v) is 3.35. The Kier molecular flexibility index (Phi) is 3.51. The number of rotatable bonds is 6. The van der Waals surface area contributed by atoms with E-state index in [9.17, 15) is 0 Å². The average Bonchev–Trinajstić information content (AvgIpc) is 3.16.